The molecule has 0 unspecified atom stereocenters. The van der Waals surface area contributed by atoms with Crippen LogP contribution in [-0.2, 0) is 85.1 Å². The van der Waals surface area contributed by atoms with Gasteiger partial charge in [-0.2, -0.15) is 0 Å². The van der Waals surface area contributed by atoms with Crippen molar-refractivity contribution < 1.29 is 57.0 Å². The average molecular weight is 908 g/mol. The van der Waals surface area contributed by atoms with Crippen LogP contribution in [0.3, 0.4) is 0 Å². The van der Waals surface area contributed by atoms with Gasteiger partial charge in [0.2, 0.25) is 0 Å². The molecule has 3 heterocycles. The van der Waals surface area contributed by atoms with Gasteiger partial charge in [0, 0.05) is 13.7 Å². The molecule has 0 radical (unpaired) electrons. The Morgan fingerprint density at radius 2 is 1.02 bits per heavy atom. The Morgan fingerprint density at radius 3 is 1.54 bits per heavy atom. The van der Waals surface area contributed by atoms with E-state index < -0.39 is 79.3 Å². The summed E-state index contributed by atoms with van der Waals surface area (Å²) in [4.78, 5) is 28.3. The average Bonchev–Trinajstić information content (AvgIpc) is 3.68. The van der Waals surface area contributed by atoms with Crippen molar-refractivity contribution >= 4 is 23.7 Å². The SMILES string of the molecule is CO[C@H]1O[C@H](CO[C@H]2O[C@H](COCc3ccccc3)[C@@H](OC(=O)CCl)[C@@H]3OC(=O)N(Cc4ccccc4)[C@@H]23)[C@@H](OCc2ccccc2)[C@H](OCc2ccccc2)[C@H]1OCc1ccccc1. The topological polar surface area (TPSA) is 130 Å². The van der Waals surface area contributed by atoms with Crippen molar-refractivity contribution in [3.8, 4) is 0 Å². The molecule has 1 amide bonds. The number of methoxy groups -OCH3 is 1. The third-order valence-electron chi connectivity index (χ3n) is 11.5. The molecule has 0 saturated carbocycles. The lowest BCUT2D eigenvalue weighted by Gasteiger charge is -2.47. The Bertz CT molecular complexity index is 2190. The molecule has 0 bridgehead atoms. The fourth-order valence-corrected chi connectivity index (χ4v) is 8.40. The number of carbonyl (C=O) groups is 2. The number of halogens is 1. The Labute approximate surface area is 384 Å². The molecule has 8 rings (SSSR count). The minimum Gasteiger partial charge on any atom is -0.455 e. The number of alkyl halides is 1. The van der Waals surface area contributed by atoms with E-state index in [0.717, 1.165) is 27.8 Å². The number of hydrogen-bond donors (Lipinski definition) is 0. The lowest BCUT2D eigenvalue weighted by atomic mass is 9.95. The van der Waals surface area contributed by atoms with Gasteiger partial charge in [-0.1, -0.05) is 152 Å². The normalized spacial score (nSPS) is 26.3. The molecular weight excluding hydrogens is 854 g/mol. The van der Waals surface area contributed by atoms with Crippen LogP contribution in [0.2, 0.25) is 0 Å². The van der Waals surface area contributed by atoms with Gasteiger partial charge < -0.3 is 47.4 Å². The number of hydrogen-bond acceptors (Lipinski definition) is 12. The zero-order chi connectivity index (χ0) is 44.8. The second-order valence-electron chi connectivity index (χ2n) is 16.0. The van der Waals surface area contributed by atoms with Gasteiger partial charge in [0.25, 0.3) is 0 Å². The number of ether oxygens (including phenoxy) is 10. The Hall–Kier alpha value is -5.19. The van der Waals surface area contributed by atoms with Crippen LogP contribution in [0.4, 0.5) is 4.79 Å². The summed E-state index contributed by atoms with van der Waals surface area (Å²) < 4.78 is 64.7. The van der Waals surface area contributed by atoms with Crippen LogP contribution in [0.25, 0.3) is 0 Å². The molecule has 342 valence electrons. The van der Waals surface area contributed by atoms with Crippen LogP contribution in [-0.4, -0.2) is 105 Å². The van der Waals surface area contributed by atoms with E-state index in [1.807, 2.05) is 152 Å². The van der Waals surface area contributed by atoms with Crippen LogP contribution < -0.4 is 0 Å². The summed E-state index contributed by atoms with van der Waals surface area (Å²) in [6.07, 6.45) is -8.71. The number of amides is 1. The first-order chi connectivity index (χ1) is 32.0. The first-order valence-electron chi connectivity index (χ1n) is 21.8. The summed E-state index contributed by atoms with van der Waals surface area (Å²) in [7, 11) is 1.56. The van der Waals surface area contributed by atoms with Crippen molar-refractivity contribution in [3.63, 3.8) is 0 Å². The molecule has 3 aliphatic heterocycles. The Kier molecular flexibility index (Phi) is 16.6. The van der Waals surface area contributed by atoms with Gasteiger partial charge in [0.05, 0.1) is 39.6 Å². The van der Waals surface area contributed by atoms with Crippen LogP contribution in [0.15, 0.2) is 152 Å². The monoisotopic (exact) mass is 907 g/mol. The molecule has 5 aromatic rings. The maximum atomic E-state index is 13.9. The number of fused-ring (bicyclic) bond motifs is 1. The highest BCUT2D eigenvalue weighted by molar-refractivity contribution is 6.26. The van der Waals surface area contributed by atoms with E-state index in [4.69, 9.17) is 59.0 Å². The molecule has 3 fully saturated rings. The number of nitrogens with zero attached hydrogens (tertiary/aromatic N) is 1. The van der Waals surface area contributed by atoms with Crippen LogP contribution in [0.1, 0.15) is 27.8 Å². The summed E-state index contributed by atoms with van der Waals surface area (Å²) >= 11 is 5.96. The third kappa shape index (κ3) is 12.2. The maximum absolute atomic E-state index is 13.9. The van der Waals surface area contributed by atoms with Crippen molar-refractivity contribution in [2.75, 3.05) is 26.2 Å². The second kappa shape index (κ2) is 23.3. The molecule has 3 saturated heterocycles. The van der Waals surface area contributed by atoms with E-state index in [0.29, 0.717) is 0 Å². The predicted molar refractivity (Wildman–Crippen MR) is 238 cm³/mol. The summed E-state index contributed by atoms with van der Waals surface area (Å²) in [5.74, 6) is -1.12. The van der Waals surface area contributed by atoms with Crippen LogP contribution >= 0.6 is 11.6 Å². The van der Waals surface area contributed by atoms with Gasteiger partial charge >= 0.3 is 12.1 Å². The molecule has 65 heavy (non-hydrogen) atoms. The lowest BCUT2D eigenvalue weighted by molar-refractivity contribution is -0.335. The van der Waals surface area contributed by atoms with E-state index in [-0.39, 0.29) is 46.2 Å². The van der Waals surface area contributed by atoms with Crippen molar-refractivity contribution in [2.24, 2.45) is 0 Å². The number of carbonyl (C=O) groups excluding carboxylic acids is 2. The second-order valence-corrected chi connectivity index (χ2v) is 16.2. The Balaban J connectivity index is 1.10. The third-order valence-corrected chi connectivity index (χ3v) is 11.7. The smallest absolute Gasteiger partial charge is 0.411 e. The van der Waals surface area contributed by atoms with Crippen molar-refractivity contribution in [3.05, 3.63) is 179 Å². The van der Waals surface area contributed by atoms with Crippen LogP contribution in [0.5, 0.6) is 0 Å². The molecule has 14 heteroatoms. The number of benzene rings is 5. The van der Waals surface area contributed by atoms with E-state index >= 15 is 0 Å². The largest absolute Gasteiger partial charge is 0.455 e. The highest BCUT2D eigenvalue weighted by Gasteiger charge is 2.59. The first kappa shape index (κ1) is 46.3. The molecule has 0 aromatic heterocycles. The predicted octanol–water partition coefficient (Wildman–Crippen LogP) is 7.61. The molecule has 0 spiro atoms. The standard InChI is InChI=1S/C51H54ClNO12/c1-56-50-48(60-32-39-25-15-6-16-26-39)47(59-31-38-23-13-5-14-24-38)44(58-30-37-21-11-4-12-22-37)41(63-50)34-61-49-43-46(65-51(55)53(43)28-35-17-7-2-8-18-35)45(64-42(54)27-52)40(62-49)33-57-29-36-19-9-3-10-20-36/h2-26,40-41,43-50H,27-34H2,1H3/t40-,41-,43-,44-,45-,46-,47+,48-,49+,50+/m1/s1. The van der Waals surface area contributed by atoms with Gasteiger partial charge in [-0.15, -0.1) is 11.6 Å². The summed E-state index contributed by atoms with van der Waals surface area (Å²) in [6.45, 7) is 1.02. The molecule has 13 nitrogen and oxygen atoms in total. The van der Waals surface area contributed by atoms with E-state index in [9.17, 15) is 9.59 Å². The molecule has 10 atom stereocenters. The zero-order valence-electron chi connectivity index (χ0n) is 36.1. The molecule has 5 aromatic carbocycles. The van der Waals surface area contributed by atoms with Crippen LogP contribution in [0, 0.1) is 0 Å². The first-order valence-corrected chi connectivity index (χ1v) is 22.3. The number of esters is 1. The van der Waals surface area contributed by atoms with E-state index in [1.165, 1.54) is 4.90 Å². The molecule has 0 aliphatic carbocycles. The fourth-order valence-electron chi connectivity index (χ4n) is 8.33. The Morgan fingerprint density at radius 1 is 0.554 bits per heavy atom. The summed E-state index contributed by atoms with van der Waals surface area (Å²) in [5, 5.41) is 0. The highest BCUT2D eigenvalue weighted by Crippen LogP contribution is 2.38. The van der Waals surface area contributed by atoms with Gasteiger partial charge in [-0.05, 0) is 27.8 Å². The van der Waals surface area contributed by atoms with Gasteiger partial charge in [0.1, 0.15) is 42.4 Å². The fraction of sp³-hybridized carbons (Fsp3) is 0.373. The highest BCUT2D eigenvalue weighted by atomic mass is 35.5. The van der Waals surface area contributed by atoms with Gasteiger partial charge in [-0.25, -0.2) is 4.79 Å². The quantitative estimate of drug-likeness (QED) is 0.0531. The van der Waals surface area contributed by atoms with Gasteiger partial charge in [0.15, 0.2) is 24.8 Å². The van der Waals surface area contributed by atoms with Crippen molar-refractivity contribution in [2.45, 2.75) is 94.3 Å². The van der Waals surface area contributed by atoms with Crippen molar-refractivity contribution in [1.29, 1.82) is 0 Å². The minimum atomic E-state index is -1.12. The molecule has 3 aliphatic rings. The van der Waals surface area contributed by atoms with Crippen molar-refractivity contribution in [1.82, 2.24) is 4.90 Å². The molecular formula is C51H54ClNO12. The lowest BCUT2D eigenvalue weighted by Crippen LogP contribution is -2.64. The van der Waals surface area contributed by atoms with Gasteiger partial charge in [-0.3, -0.25) is 9.69 Å². The van der Waals surface area contributed by atoms with E-state index in [2.05, 4.69) is 0 Å². The zero-order valence-corrected chi connectivity index (χ0v) is 36.8. The summed E-state index contributed by atoms with van der Waals surface area (Å²) in [6, 6.07) is 47.8. The van der Waals surface area contributed by atoms with E-state index in [1.54, 1.807) is 7.11 Å². The minimum absolute atomic E-state index is 0.0290. The summed E-state index contributed by atoms with van der Waals surface area (Å²) in [5.41, 5.74) is 4.64. The maximum Gasteiger partial charge on any atom is 0.411 e. The molecule has 0 N–H and O–H groups in total. The number of rotatable bonds is 21.